The highest BCUT2D eigenvalue weighted by Gasteiger charge is 2.27. The molecule has 0 aromatic heterocycles. The molecule has 4 nitrogen and oxygen atoms in total. The lowest BCUT2D eigenvalue weighted by Crippen LogP contribution is -2.47. The molecule has 0 spiro atoms. The molecule has 0 saturated carbocycles. The smallest absolute Gasteiger partial charge is 0.263 e. The number of rotatable bonds is 5. The van der Waals surface area contributed by atoms with Crippen LogP contribution in [0.3, 0.4) is 0 Å². The van der Waals surface area contributed by atoms with Crippen molar-refractivity contribution < 1.29 is 9.53 Å². The number of hydrogen-bond donors (Lipinski definition) is 1. The zero-order chi connectivity index (χ0) is 16.1. The number of hydrogen-bond acceptors (Lipinski definition) is 3. The molecule has 122 valence electrons. The Hall–Kier alpha value is -0.780. The summed E-state index contributed by atoms with van der Waals surface area (Å²) >= 11 is 9.33. The summed E-state index contributed by atoms with van der Waals surface area (Å²) in [4.78, 5) is 14.5. The maximum Gasteiger partial charge on any atom is 0.263 e. The van der Waals surface area contributed by atoms with E-state index in [1.165, 1.54) is 6.42 Å². The molecule has 1 aromatic carbocycles. The molecule has 1 heterocycles. The van der Waals surface area contributed by atoms with Gasteiger partial charge >= 0.3 is 0 Å². The molecule has 1 aromatic rings. The van der Waals surface area contributed by atoms with Crippen molar-refractivity contribution in [2.75, 3.05) is 26.7 Å². The number of amides is 1. The Balaban J connectivity index is 1.96. The van der Waals surface area contributed by atoms with Crippen LogP contribution in [0.2, 0.25) is 5.02 Å². The van der Waals surface area contributed by atoms with Gasteiger partial charge in [0.15, 0.2) is 6.10 Å². The van der Waals surface area contributed by atoms with Gasteiger partial charge in [-0.3, -0.25) is 4.79 Å². The summed E-state index contributed by atoms with van der Waals surface area (Å²) < 4.78 is 6.55. The highest BCUT2D eigenvalue weighted by atomic mass is 79.9. The van der Waals surface area contributed by atoms with Crippen LogP contribution in [0.1, 0.15) is 19.8 Å². The van der Waals surface area contributed by atoms with Crippen LogP contribution in [0.4, 0.5) is 0 Å². The minimum Gasteiger partial charge on any atom is -0.480 e. The summed E-state index contributed by atoms with van der Waals surface area (Å²) in [6.45, 7) is 4.36. The van der Waals surface area contributed by atoms with Gasteiger partial charge in [-0.25, -0.2) is 0 Å². The van der Waals surface area contributed by atoms with E-state index in [-0.39, 0.29) is 5.91 Å². The number of halogens is 2. The molecular formula is C16H22BrClN2O2. The number of carbonyl (C=O) groups is 1. The van der Waals surface area contributed by atoms with Crippen LogP contribution in [0, 0.1) is 5.92 Å². The summed E-state index contributed by atoms with van der Waals surface area (Å²) in [6, 6.07) is 5.29. The van der Waals surface area contributed by atoms with Crippen LogP contribution < -0.4 is 10.1 Å². The second-order valence-corrected chi connectivity index (χ2v) is 6.98. The second-order valence-electron chi connectivity index (χ2n) is 5.69. The predicted molar refractivity (Wildman–Crippen MR) is 92.5 cm³/mol. The molecular weight excluding hydrogens is 368 g/mol. The number of ether oxygens (including phenoxy) is 1. The SMILES string of the molecule is CNC[C@@H]1CCCN(C(=O)[C@@H](C)Oc2ccc(Cl)cc2Br)C1. The lowest BCUT2D eigenvalue weighted by Gasteiger charge is -2.34. The molecule has 1 N–H and O–H groups in total. The zero-order valence-corrected chi connectivity index (χ0v) is 15.3. The fourth-order valence-electron chi connectivity index (χ4n) is 2.79. The fourth-order valence-corrected chi connectivity index (χ4v) is 3.57. The highest BCUT2D eigenvalue weighted by molar-refractivity contribution is 9.10. The van der Waals surface area contributed by atoms with Crippen molar-refractivity contribution in [2.24, 2.45) is 5.92 Å². The van der Waals surface area contributed by atoms with Crippen molar-refractivity contribution in [3.63, 3.8) is 0 Å². The van der Waals surface area contributed by atoms with Crippen LogP contribution in [-0.2, 0) is 4.79 Å². The first-order valence-electron chi connectivity index (χ1n) is 7.56. The van der Waals surface area contributed by atoms with Crippen LogP contribution in [-0.4, -0.2) is 43.6 Å². The molecule has 0 radical (unpaired) electrons. The van der Waals surface area contributed by atoms with Gasteiger partial charge in [-0.2, -0.15) is 0 Å². The van der Waals surface area contributed by atoms with Gasteiger partial charge in [0.2, 0.25) is 0 Å². The minimum absolute atomic E-state index is 0.0441. The molecule has 1 fully saturated rings. The van der Waals surface area contributed by atoms with Crippen molar-refractivity contribution in [2.45, 2.75) is 25.9 Å². The normalized spacial score (nSPS) is 19.8. The number of carbonyl (C=O) groups excluding carboxylic acids is 1. The van der Waals surface area contributed by atoms with Crippen molar-refractivity contribution in [3.05, 3.63) is 27.7 Å². The molecule has 1 aliphatic rings. The number of piperidine rings is 1. The molecule has 0 aliphatic carbocycles. The van der Waals surface area contributed by atoms with E-state index >= 15 is 0 Å². The molecule has 2 atom stereocenters. The van der Waals surface area contributed by atoms with Gasteiger partial charge < -0.3 is 15.0 Å². The number of benzene rings is 1. The van der Waals surface area contributed by atoms with Crippen LogP contribution in [0.5, 0.6) is 5.75 Å². The Morgan fingerprint density at radius 2 is 2.36 bits per heavy atom. The van der Waals surface area contributed by atoms with Crippen molar-refractivity contribution in [1.29, 1.82) is 0 Å². The van der Waals surface area contributed by atoms with E-state index < -0.39 is 6.10 Å². The third-order valence-corrected chi connectivity index (χ3v) is 4.72. The monoisotopic (exact) mass is 388 g/mol. The second kappa shape index (κ2) is 8.18. The summed E-state index contributed by atoms with van der Waals surface area (Å²) in [5.41, 5.74) is 0. The topological polar surface area (TPSA) is 41.6 Å². The Morgan fingerprint density at radius 1 is 1.59 bits per heavy atom. The van der Waals surface area contributed by atoms with Gasteiger partial charge in [0.1, 0.15) is 5.75 Å². The van der Waals surface area contributed by atoms with E-state index in [2.05, 4.69) is 21.2 Å². The van der Waals surface area contributed by atoms with Gasteiger partial charge in [0.25, 0.3) is 5.91 Å². The first-order valence-corrected chi connectivity index (χ1v) is 8.73. The van der Waals surface area contributed by atoms with E-state index in [1.54, 1.807) is 25.1 Å². The summed E-state index contributed by atoms with van der Waals surface area (Å²) in [5.74, 6) is 1.20. The Labute approximate surface area is 145 Å². The zero-order valence-electron chi connectivity index (χ0n) is 12.9. The Bertz CT molecular complexity index is 525. The molecule has 0 bridgehead atoms. The highest BCUT2D eigenvalue weighted by Crippen LogP contribution is 2.29. The molecule has 1 aliphatic heterocycles. The van der Waals surface area contributed by atoms with Gasteiger partial charge in [0.05, 0.1) is 4.47 Å². The van der Waals surface area contributed by atoms with E-state index in [1.807, 2.05) is 11.9 Å². The van der Waals surface area contributed by atoms with E-state index in [4.69, 9.17) is 16.3 Å². The fraction of sp³-hybridized carbons (Fsp3) is 0.562. The number of nitrogens with one attached hydrogen (secondary N) is 1. The van der Waals surface area contributed by atoms with E-state index in [0.717, 1.165) is 30.5 Å². The average molecular weight is 390 g/mol. The lowest BCUT2D eigenvalue weighted by atomic mass is 9.97. The maximum atomic E-state index is 12.6. The van der Waals surface area contributed by atoms with Gasteiger partial charge in [-0.05, 0) is 73.4 Å². The lowest BCUT2D eigenvalue weighted by molar-refractivity contribution is -0.139. The molecule has 1 saturated heterocycles. The summed E-state index contributed by atoms with van der Waals surface area (Å²) in [6.07, 6.45) is 1.71. The Morgan fingerprint density at radius 3 is 3.05 bits per heavy atom. The summed E-state index contributed by atoms with van der Waals surface area (Å²) in [7, 11) is 1.95. The van der Waals surface area contributed by atoms with E-state index in [0.29, 0.717) is 16.7 Å². The molecule has 2 rings (SSSR count). The number of nitrogens with zero attached hydrogens (tertiary/aromatic N) is 1. The summed E-state index contributed by atoms with van der Waals surface area (Å²) in [5, 5.41) is 3.82. The van der Waals surface area contributed by atoms with Crippen LogP contribution in [0.15, 0.2) is 22.7 Å². The molecule has 22 heavy (non-hydrogen) atoms. The molecule has 0 unspecified atom stereocenters. The van der Waals surface area contributed by atoms with Crippen molar-refractivity contribution in [1.82, 2.24) is 10.2 Å². The molecule has 1 amide bonds. The quantitative estimate of drug-likeness (QED) is 0.840. The van der Waals surface area contributed by atoms with Gasteiger partial charge in [-0.15, -0.1) is 0 Å². The van der Waals surface area contributed by atoms with Gasteiger partial charge in [0, 0.05) is 18.1 Å². The minimum atomic E-state index is -0.509. The predicted octanol–water partition coefficient (Wildman–Crippen LogP) is 3.33. The first kappa shape index (κ1) is 17.6. The van der Waals surface area contributed by atoms with Crippen LogP contribution in [0.25, 0.3) is 0 Å². The van der Waals surface area contributed by atoms with Crippen LogP contribution >= 0.6 is 27.5 Å². The third kappa shape index (κ3) is 4.61. The number of likely N-dealkylation sites (tertiary alicyclic amines) is 1. The maximum absolute atomic E-state index is 12.6. The average Bonchev–Trinajstić information content (AvgIpc) is 2.50. The first-order chi connectivity index (χ1) is 10.5. The third-order valence-electron chi connectivity index (χ3n) is 3.87. The Kier molecular flexibility index (Phi) is 6.53. The van der Waals surface area contributed by atoms with E-state index in [9.17, 15) is 4.79 Å². The van der Waals surface area contributed by atoms with Crippen molar-refractivity contribution >= 4 is 33.4 Å². The van der Waals surface area contributed by atoms with Crippen molar-refractivity contribution in [3.8, 4) is 5.75 Å². The van der Waals surface area contributed by atoms with Gasteiger partial charge in [-0.1, -0.05) is 11.6 Å². The molecule has 6 heteroatoms. The standard InChI is InChI=1S/C16H22BrClN2O2/c1-11(22-15-6-5-13(18)8-14(15)17)16(21)20-7-3-4-12(10-20)9-19-2/h5-6,8,11-12,19H,3-4,7,9-10H2,1-2H3/t11-,12+/m1/s1. The largest absolute Gasteiger partial charge is 0.480 e.